The quantitative estimate of drug-likeness (QED) is 0.196. The van der Waals surface area contributed by atoms with Gasteiger partial charge in [-0.25, -0.2) is 9.97 Å². The van der Waals surface area contributed by atoms with Crippen LogP contribution >= 0.6 is 0 Å². The molecule has 0 radical (unpaired) electrons. The van der Waals surface area contributed by atoms with Gasteiger partial charge in [0.25, 0.3) is 0 Å². The number of aromatic nitrogens is 5. The Balaban J connectivity index is 1.29. The summed E-state index contributed by atoms with van der Waals surface area (Å²) in [6.07, 6.45) is 3.71. The predicted octanol–water partition coefficient (Wildman–Crippen LogP) is 10.8. The van der Waals surface area contributed by atoms with E-state index in [1.165, 1.54) is 16.2 Å². The molecule has 6 heteroatoms. The van der Waals surface area contributed by atoms with Gasteiger partial charge in [-0.15, -0.1) is 0 Å². The number of nitrogens with zero attached hydrogens (tertiary/aromatic N) is 5. The lowest BCUT2D eigenvalue weighted by Crippen LogP contribution is -2.03. The summed E-state index contributed by atoms with van der Waals surface area (Å²) in [4.78, 5) is 15.0. The van der Waals surface area contributed by atoms with Gasteiger partial charge in [0.1, 0.15) is 16.8 Å². The molecule has 0 fully saturated rings. The van der Waals surface area contributed by atoms with E-state index in [0.717, 1.165) is 71.7 Å². The lowest BCUT2D eigenvalue weighted by molar-refractivity contribution is 0.666. The molecule has 49 heavy (non-hydrogen) atoms. The summed E-state index contributed by atoms with van der Waals surface area (Å²) in [5.74, 6) is 0.597. The van der Waals surface area contributed by atoms with Crippen molar-refractivity contribution in [2.24, 2.45) is 0 Å². The second-order valence-electron chi connectivity index (χ2n) is 12.5. The molecule has 5 heterocycles. The molecule has 11 aromatic rings. The number of furan rings is 1. The first kappa shape index (κ1) is 26.3. The first-order chi connectivity index (χ1) is 24.3. The van der Waals surface area contributed by atoms with E-state index < -0.39 is 0 Å². The zero-order valence-corrected chi connectivity index (χ0v) is 26.1. The van der Waals surface area contributed by atoms with Crippen LogP contribution in [0.1, 0.15) is 0 Å². The van der Waals surface area contributed by atoms with E-state index in [1.54, 1.807) is 0 Å². The number of hydrogen-bond acceptors (Lipinski definition) is 4. The highest BCUT2D eigenvalue weighted by atomic mass is 16.3. The number of rotatable bonds is 3. The van der Waals surface area contributed by atoms with Crippen LogP contribution in [0.15, 0.2) is 156 Å². The number of fused-ring (bicyclic) bond motifs is 11. The summed E-state index contributed by atoms with van der Waals surface area (Å²) < 4.78 is 11.1. The summed E-state index contributed by atoms with van der Waals surface area (Å²) in [6.45, 7) is 0. The van der Waals surface area contributed by atoms with E-state index in [9.17, 15) is 0 Å². The van der Waals surface area contributed by atoms with Gasteiger partial charge >= 0.3 is 0 Å². The van der Waals surface area contributed by atoms with E-state index in [2.05, 4.69) is 135 Å². The minimum atomic E-state index is 0.597. The number of pyridine rings is 1. The molecule has 0 saturated heterocycles. The molecule has 5 aromatic heterocycles. The largest absolute Gasteiger partial charge is 0.452 e. The summed E-state index contributed by atoms with van der Waals surface area (Å²) in [5.41, 5.74) is 9.42. The zero-order chi connectivity index (χ0) is 32.1. The van der Waals surface area contributed by atoms with Crippen molar-refractivity contribution >= 4 is 76.5 Å². The van der Waals surface area contributed by atoms with Crippen molar-refractivity contribution in [3.63, 3.8) is 0 Å². The van der Waals surface area contributed by atoms with Gasteiger partial charge in [-0.1, -0.05) is 91.0 Å². The smallest absolute Gasteiger partial charge is 0.236 e. The van der Waals surface area contributed by atoms with Gasteiger partial charge in [0, 0.05) is 50.6 Å². The third-order valence-electron chi connectivity index (χ3n) is 9.82. The lowest BCUT2D eigenvalue weighted by Gasteiger charge is -2.11. The van der Waals surface area contributed by atoms with Crippen molar-refractivity contribution in [3.05, 3.63) is 152 Å². The molecule has 228 valence electrons. The van der Waals surface area contributed by atoms with E-state index in [4.69, 9.17) is 14.4 Å². The highest BCUT2D eigenvalue weighted by Gasteiger charge is 2.24. The first-order valence-electron chi connectivity index (χ1n) is 16.4. The Kier molecular flexibility index (Phi) is 5.29. The molecule has 0 amide bonds. The molecule has 0 atom stereocenters. The Labute approximate surface area is 279 Å². The summed E-state index contributed by atoms with van der Waals surface area (Å²) in [7, 11) is 0. The molecule has 0 N–H and O–H groups in total. The molecular formula is C43H25N5O. The van der Waals surface area contributed by atoms with Crippen molar-refractivity contribution in [1.29, 1.82) is 0 Å². The standard InChI is InChI=1S/C43H25N5O/c1-2-10-27-25-28(18-17-26(27)9-1)39-42-40(33-13-5-8-16-37(33)49-42)46-43(45-39)48-35-15-7-4-12-32(35)38-36(48)20-19-31-30-11-3-6-14-34(30)47(41(31)38)29-21-23-44-24-22-29/h1-25H. The molecule has 0 bridgehead atoms. The Hall–Kier alpha value is -6.79. The third-order valence-corrected chi connectivity index (χ3v) is 9.82. The average Bonchev–Trinajstić information content (AvgIpc) is 3.82. The van der Waals surface area contributed by atoms with Gasteiger partial charge < -0.3 is 8.98 Å². The molecular weight excluding hydrogens is 603 g/mol. The topological polar surface area (TPSA) is 61.7 Å². The number of para-hydroxylation sites is 3. The Morgan fingerprint density at radius 1 is 0.510 bits per heavy atom. The van der Waals surface area contributed by atoms with Crippen molar-refractivity contribution < 1.29 is 4.42 Å². The third kappa shape index (κ3) is 3.68. The molecule has 0 saturated carbocycles. The molecule has 6 aromatic carbocycles. The number of benzene rings is 6. The van der Waals surface area contributed by atoms with Gasteiger partial charge in [0.05, 0.1) is 22.1 Å². The van der Waals surface area contributed by atoms with E-state index >= 15 is 0 Å². The highest BCUT2D eigenvalue weighted by molar-refractivity contribution is 6.26. The van der Waals surface area contributed by atoms with Crippen LogP contribution in [-0.4, -0.2) is 24.1 Å². The minimum absolute atomic E-state index is 0.597. The molecule has 0 aliphatic rings. The van der Waals surface area contributed by atoms with Crippen LogP contribution in [0.25, 0.3) is 99.3 Å². The van der Waals surface area contributed by atoms with Gasteiger partial charge in [-0.3, -0.25) is 9.55 Å². The Bertz CT molecular complexity index is 3110. The highest BCUT2D eigenvalue weighted by Crippen LogP contribution is 2.42. The monoisotopic (exact) mass is 627 g/mol. The Morgan fingerprint density at radius 2 is 1.22 bits per heavy atom. The van der Waals surface area contributed by atoms with Gasteiger partial charge in [0.15, 0.2) is 5.58 Å². The van der Waals surface area contributed by atoms with Gasteiger partial charge in [-0.05, 0) is 59.3 Å². The molecule has 0 aliphatic heterocycles. The van der Waals surface area contributed by atoms with Crippen LogP contribution < -0.4 is 0 Å². The molecule has 0 unspecified atom stereocenters. The normalized spacial score (nSPS) is 12.1. The maximum atomic E-state index is 6.51. The maximum Gasteiger partial charge on any atom is 0.236 e. The van der Waals surface area contributed by atoms with E-state index in [-0.39, 0.29) is 0 Å². The van der Waals surface area contributed by atoms with Crippen LogP contribution in [-0.2, 0) is 0 Å². The predicted molar refractivity (Wildman–Crippen MR) is 199 cm³/mol. The second-order valence-corrected chi connectivity index (χ2v) is 12.5. The minimum Gasteiger partial charge on any atom is -0.452 e. The lowest BCUT2D eigenvalue weighted by atomic mass is 10.0. The van der Waals surface area contributed by atoms with Crippen LogP contribution in [0.3, 0.4) is 0 Å². The maximum absolute atomic E-state index is 6.51. The Morgan fingerprint density at radius 3 is 2.08 bits per heavy atom. The molecule has 0 spiro atoms. The van der Waals surface area contributed by atoms with Gasteiger partial charge in [-0.2, -0.15) is 0 Å². The zero-order valence-electron chi connectivity index (χ0n) is 26.1. The van der Waals surface area contributed by atoms with Crippen molar-refractivity contribution in [2.75, 3.05) is 0 Å². The fourth-order valence-electron chi connectivity index (χ4n) is 7.70. The molecule has 11 rings (SSSR count). The average molecular weight is 628 g/mol. The molecule has 0 aliphatic carbocycles. The first-order valence-corrected chi connectivity index (χ1v) is 16.4. The van der Waals surface area contributed by atoms with Crippen LogP contribution in [0.4, 0.5) is 0 Å². The van der Waals surface area contributed by atoms with Crippen LogP contribution in [0.5, 0.6) is 0 Å². The van der Waals surface area contributed by atoms with Crippen molar-refractivity contribution in [1.82, 2.24) is 24.1 Å². The van der Waals surface area contributed by atoms with E-state index in [1.807, 2.05) is 30.6 Å². The summed E-state index contributed by atoms with van der Waals surface area (Å²) in [6, 6.07) is 48.7. The van der Waals surface area contributed by atoms with Crippen LogP contribution in [0, 0.1) is 0 Å². The summed E-state index contributed by atoms with van der Waals surface area (Å²) in [5, 5.41) is 7.96. The van der Waals surface area contributed by atoms with Crippen LogP contribution in [0.2, 0.25) is 0 Å². The fourth-order valence-corrected chi connectivity index (χ4v) is 7.70. The SMILES string of the molecule is c1ccc2cc(-c3nc(-n4c5ccccc5c5c4ccc4c6ccccc6n(-c6ccncc6)c45)nc4c3oc3ccccc34)ccc2c1. The molecule has 6 nitrogen and oxygen atoms in total. The number of hydrogen-bond donors (Lipinski definition) is 0. The van der Waals surface area contributed by atoms with E-state index in [0.29, 0.717) is 11.5 Å². The summed E-state index contributed by atoms with van der Waals surface area (Å²) >= 11 is 0. The van der Waals surface area contributed by atoms with Crippen molar-refractivity contribution in [3.8, 4) is 22.9 Å². The van der Waals surface area contributed by atoms with Gasteiger partial charge in [0.2, 0.25) is 5.95 Å². The van der Waals surface area contributed by atoms with Crippen molar-refractivity contribution in [2.45, 2.75) is 0 Å². The fraction of sp³-hybridized carbons (Fsp3) is 0. The second kappa shape index (κ2) is 9.86.